The minimum absolute atomic E-state index is 0.0692. The molecule has 1 amide bonds. The van der Waals surface area contributed by atoms with Gasteiger partial charge in [-0.05, 0) is 57.4 Å². The van der Waals surface area contributed by atoms with Crippen LogP contribution < -0.4 is 14.4 Å². The molecular formula is C26H31N3O4S. The van der Waals surface area contributed by atoms with Crippen LogP contribution in [0.25, 0.3) is 0 Å². The van der Waals surface area contributed by atoms with E-state index in [9.17, 15) is 13.2 Å². The van der Waals surface area contributed by atoms with Gasteiger partial charge in [-0.1, -0.05) is 42.5 Å². The van der Waals surface area contributed by atoms with Gasteiger partial charge in [-0.25, -0.2) is 8.42 Å². The number of carbonyl (C=O) groups excluding carboxylic acids is 1. The van der Waals surface area contributed by atoms with Crippen LogP contribution >= 0.6 is 0 Å². The quantitative estimate of drug-likeness (QED) is 0.475. The summed E-state index contributed by atoms with van der Waals surface area (Å²) in [7, 11) is 1.65. The number of hydrogen-bond donors (Lipinski definition) is 1. The normalized spacial score (nSPS) is 12.3. The van der Waals surface area contributed by atoms with E-state index in [4.69, 9.17) is 4.74 Å². The van der Waals surface area contributed by atoms with E-state index in [2.05, 4.69) is 5.32 Å². The third-order valence-corrected chi connectivity index (χ3v) is 7.49. The summed E-state index contributed by atoms with van der Waals surface area (Å²) >= 11 is 0. The number of anilines is 1. The van der Waals surface area contributed by atoms with Gasteiger partial charge >= 0.3 is 0 Å². The van der Waals surface area contributed by atoms with Gasteiger partial charge in [0.25, 0.3) is 15.9 Å². The maximum atomic E-state index is 13.3. The highest BCUT2D eigenvalue weighted by Crippen LogP contribution is 2.28. The highest BCUT2D eigenvalue weighted by atomic mass is 32.2. The molecule has 0 saturated carbocycles. The second-order valence-corrected chi connectivity index (χ2v) is 9.83. The van der Waals surface area contributed by atoms with Crippen molar-refractivity contribution in [1.29, 1.82) is 0 Å². The molecule has 1 atom stereocenters. The molecule has 0 saturated heterocycles. The minimum Gasteiger partial charge on any atom is -0.496 e. The summed E-state index contributed by atoms with van der Waals surface area (Å²) in [6.07, 6.45) is 0. The molecule has 0 aliphatic heterocycles. The molecule has 0 bridgehead atoms. The van der Waals surface area contributed by atoms with Crippen molar-refractivity contribution in [3.63, 3.8) is 0 Å². The molecule has 34 heavy (non-hydrogen) atoms. The average Bonchev–Trinajstić information content (AvgIpc) is 2.85. The van der Waals surface area contributed by atoms with Crippen LogP contribution in [0.2, 0.25) is 0 Å². The summed E-state index contributed by atoms with van der Waals surface area (Å²) in [5.74, 6) is 0.394. The molecule has 0 radical (unpaired) electrons. The Balaban J connectivity index is 1.81. The number of hydrogen-bond acceptors (Lipinski definition) is 5. The van der Waals surface area contributed by atoms with Crippen molar-refractivity contribution < 1.29 is 17.9 Å². The van der Waals surface area contributed by atoms with Gasteiger partial charge in [-0.15, -0.1) is 0 Å². The van der Waals surface area contributed by atoms with Gasteiger partial charge in [0.2, 0.25) is 0 Å². The van der Waals surface area contributed by atoms with Crippen molar-refractivity contribution >= 4 is 21.6 Å². The lowest BCUT2D eigenvalue weighted by Gasteiger charge is -2.26. The van der Waals surface area contributed by atoms with Crippen LogP contribution in [0.4, 0.5) is 5.69 Å². The molecule has 0 aliphatic rings. The Morgan fingerprint density at radius 3 is 2.29 bits per heavy atom. The summed E-state index contributed by atoms with van der Waals surface area (Å²) < 4.78 is 33.5. The van der Waals surface area contributed by atoms with E-state index in [1.54, 1.807) is 50.4 Å². The Morgan fingerprint density at radius 2 is 1.65 bits per heavy atom. The van der Waals surface area contributed by atoms with Crippen LogP contribution in [0.3, 0.4) is 0 Å². The second kappa shape index (κ2) is 11.2. The first kappa shape index (κ1) is 25.3. The van der Waals surface area contributed by atoms with E-state index in [-0.39, 0.29) is 29.0 Å². The summed E-state index contributed by atoms with van der Waals surface area (Å²) in [5, 5.41) is 2.94. The predicted octanol–water partition coefficient (Wildman–Crippen LogP) is 3.94. The minimum atomic E-state index is -3.83. The predicted molar refractivity (Wildman–Crippen MR) is 135 cm³/mol. The highest BCUT2D eigenvalue weighted by Gasteiger charge is 2.25. The standard InChI is InChI=1S/C26H31N3O4S/c1-5-29(21-13-7-6-8-14-21)34(31,32)22-15-11-12-20(18-22)26(30)27-19-24(28(2)3)23-16-9-10-17-25(23)33-4/h6-18,24H,5,19H2,1-4H3,(H,27,30). The van der Waals surface area contributed by atoms with Gasteiger partial charge in [0.15, 0.2) is 0 Å². The zero-order valence-corrected chi connectivity index (χ0v) is 20.7. The van der Waals surface area contributed by atoms with Gasteiger partial charge < -0.3 is 15.0 Å². The molecule has 0 heterocycles. The highest BCUT2D eigenvalue weighted by molar-refractivity contribution is 7.92. The number of carbonyl (C=O) groups is 1. The van der Waals surface area contributed by atoms with E-state index in [0.717, 1.165) is 11.3 Å². The van der Waals surface area contributed by atoms with E-state index in [1.807, 2.05) is 49.3 Å². The Hall–Kier alpha value is -3.36. The lowest BCUT2D eigenvalue weighted by Crippen LogP contribution is -2.35. The fraction of sp³-hybridized carbons (Fsp3) is 0.269. The molecule has 8 heteroatoms. The molecule has 0 spiro atoms. The zero-order valence-electron chi connectivity index (χ0n) is 19.9. The number of ether oxygens (including phenoxy) is 1. The van der Waals surface area contributed by atoms with Gasteiger partial charge in [0.1, 0.15) is 5.75 Å². The number of nitrogens with one attached hydrogen (secondary N) is 1. The van der Waals surface area contributed by atoms with Crippen LogP contribution in [-0.4, -0.2) is 53.5 Å². The van der Waals surface area contributed by atoms with Crippen molar-refractivity contribution in [3.8, 4) is 5.75 Å². The van der Waals surface area contributed by atoms with Crippen molar-refractivity contribution in [2.45, 2.75) is 17.9 Å². The van der Waals surface area contributed by atoms with Gasteiger partial charge in [-0.2, -0.15) is 0 Å². The number of nitrogens with zero attached hydrogens (tertiary/aromatic N) is 2. The molecule has 0 aromatic heterocycles. The number of rotatable bonds is 10. The van der Waals surface area contributed by atoms with Crippen LogP contribution in [0.1, 0.15) is 28.9 Å². The number of amides is 1. The van der Waals surface area contributed by atoms with Gasteiger partial charge in [-0.3, -0.25) is 9.10 Å². The number of methoxy groups -OCH3 is 1. The number of benzene rings is 3. The van der Waals surface area contributed by atoms with Gasteiger partial charge in [0.05, 0.1) is 23.7 Å². The Bertz CT molecular complexity index is 1210. The van der Waals surface area contributed by atoms with E-state index in [0.29, 0.717) is 12.2 Å². The maximum absolute atomic E-state index is 13.3. The lowest BCUT2D eigenvalue weighted by atomic mass is 10.0. The first-order valence-electron chi connectivity index (χ1n) is 11.0. The van der Waals surface area contributed by atoms with Crippen molar-refractivity contribution in [2.24, 2.45) is 0 Å². The van der Waals surface area contributed by atoms with Crippen molar-refractivity contribution in [1.82, 2.24) is 10.2 Å². The zero-order chi connectivity index (χ0) is 24.7. The second-order valence-electron chi connectivity index (χ2n) is 7.96. The fourth-order valence-electron chi connectivity index (χ4n) is 3.81. The summed E-state index contributed by atoms with van der Waals surface area (Å²) in [6.45, 7) is 2.38. The van der Waals surface area contributed by atoms with Crippen molar-refractivity contribution in [2.75, 3.05) is 38.6 Å². The summed E-state index contributed by atoms with van der Waals surface area (Å²) in [4.78, 5) is 15.0. The Kier molecular flexibility index (Phi) is 8.31. The van der Waals surface area contributed by atoms with Crippen LogP contribution in [-0.2, 0) is 10.0 Å². The smallest absolute Gasteiger partial charge is 0.264 e. The molecule has 0 aliphatic carbocycles. The number of para-hydroxylation sites is 2. The van der Waals surface area contributed by atoms with Crippen LogP contribution in [0.5, 0.6) is 5.75 Å². The topological polar surface area (TPSA) is 79.0 Å². The monoisotopic (exact) mass is 481 g/mol. The largest absolute Gasteiger partial charge is 0.496 e. The molecule has 3 aromatic carbocycles. The molecule has 7 nitrogen and oxygen atoms in total. The molecule has 3 rings (SSSR count). The third-order valence-electron chi connectivity index (χ3n) is 5.59. The number of likely N-dealkylation sites (N-methyl/N-ethyl adjacent to an activating group) is 1. The molecule has 180 valence electrons. The third kappa shape index (κ3) is 5.58. The molecule has 0 fully saturated rings. The molecule has 1 N–H and O–H groups in total. The van der Waals surface area contributed by atoms with Gasteiger partial charge in [0, 0.05) is 24.2 Å². The van der Waals surface area contributed by atoms with Crippen LogP contribution in [0, 0.1) is 0 Å². The fourth-order valence-corrected chi connectivity index (χ4v) is 5.33. The maximum Gasteiger partial charge on any atom is 0.264 e. The van der Waals surface area contributed by atoms with Crippen LogP contribution in [0.15, 0.2) is 83.8 Å². The molecule has 1 unspecified atom stereocenters. The average molecular weight is 482 g/mol. The van der Waals surface area contributed by atoms with E-state index in [1.165, 1.54) is 16.4 Å². The first-order valence-corrected chi connectivity index (χ1v) is 12.5. The summed E-state index contributed by atoms with van der Waals surface area (Å²) in [6, 6.07) is 22.6. The van der Waals surface area contributed by atoms with E-state index < -0.39 is 10.0 Å². The van der Waals surface area contributed by atoms with Crippen molar-refractivity contribution in [3.05, 3.63) is 90.0 Å². The van der Waals surface area contributed by atoms with E-state index >= 15 is 0 Å². The lowest BCUT2D eigenvalue weighted by molar-refractivity contribution is 0.0941. The molecule has 3 aromatic rings. The Labute approximate surface area is 202 Å². The summed E-state index contributed by atoms with van der Waals surface area (Å²) in [5.41, 5.74) is 1.81. The first-order chi connectivity index (χ1) is 16.3. The molecular weight excluding hydrogens is 450 g/mol. The number of sulfonamides is 1. The SMILES string of the molecule is CCN(c1ccccc1)S(=O)(=O)c1cccc(C(=O)NCC(c2ccccc2OC)N(C)C)c1. The Morgan fingerprint density at radius 1 is 0.971 bits per heavy atom.